The van der Waals surface area contributed by atoms with E-state index in [1.54, 1.807) is 23.2 Å². The van der Waals surface area contributed by atoms with Crippen molar-refractivity contribution in [3.05, 3.63) is 66.5 Å². The third-order valence-electron chi connectivity index (χ3n) is 4.78. The number of halogens is 1. The molecule has 0 unspecified atom stereocenters. The molecule has 0 saturated carbocycles. The van der Waals surface area contributed by atoms with Crippen LogP contribution >= 0.6 is 0 Å². The fourth-order valence-corrected chi connectivity index (χ4v) is 3.38. The Hall–Kier alpha value is -4.01. The van der Waals surface area contributed by atoms with Gasteiger partial charge in [0.25, 0.3) is 5.91 Å². The molecule has 2 N–H and O–H groups in total. The number of carbonyl (C=O) groups excluding carboxylic acids is 1. The Morgan fingerprint density at radius 2 is 1.90 bits per heavy atom. The first-order valence-electron chi connectivity index (χ1n) is 8.90. The molecule has 8 nitrogen and oxygen atoms in total. The van der Waals surface area contributed by atoms with Gasteiger partial charge in [0.1, 0.15) is 35.8 Å². The van der Waals surface area contributed by atoms with Gasteiger partial charge in [-0.2, -0.15) is 0 Å². The van der Waals surface area contributed by atoms with Gasteiger partial charge in [-0.15, -0.1) is 0 Å². The molecule has 0 atom stereocenters. The molecule has 144 valence electrons. The second kappa shape index (κ2) is 6.55. The molecule has 1 aliphatic heterocycles. The van der Waals surface area contributed by atoms with E-state index in [2.05, 4.69) is 15.0 Å². The van der Waals surface area contributed by atoms with E-state index in [-0.39, 0.29) is 35.6 Å². The molecule has 0 radical (unpaired) electrons. The number of hydrogen-bond acceptors (Lipinski definition) is 6. The van der Waals surface area contributed by atoms with Gasteiger partial charge in [0.15, 0.2) is 0 Å². The summed E-state index contributed by atoms with van der Waals surface area (Å²) in [5, 5.41) is 0.835. The minimum absolute atomic E-state index is 0.0726. The van der Waals surface area contributed by atoms with Gasteiger partial charge in [-0.1, -0.05) is 0 Å². The molecule has 0 aliphatic carbocycles. The number of benzene rings is 1. The van der Waals surface area contributed by atoms with Gasteiger partial charge in [0.2, 0.25) is 5.88 Å². The van der Waals surface area contributed by atoms with Crippen LogP contribution in [-0.2, 0) is 0 Å². The smallest absolute Gasteiger partial charge is 0.267 e. The predicted octanol–water partition coefficient (Wildman–Crippen LogP) is 2.58. The summed E-state index contributed by atoms with van der Waals surface area (Å²) < 4.78 is 20.6. The van der Waals surface area contributed by atoms with E-state index >= 15 is 0 Å². The fourth-order valence-electron chi connectivity index (χ4n) is 3.38. The van der Waals surface area contributed by atoms with Gasteiger partial charge in [0.05, 0.1) is 18.4 Å². The maximum Gasteiger partial charge on any atom is 0.267 e. The number of rotatable bonds is 2. The van der Waals surface area contributed by atoms with E-state index in [1.807, 2.05) is 22.9 Å². The van der Waals surface area contributed by atoms with Crippen molar-refractivity contribution in [2.45, 2.75) is 0 Å². The van der Waals surface area contributed by atoms with Crippen LogP contribution in [0.2, 0.25) is 0 Å². The molecule has 1 aliphatic rings. The maximum atomic E-state index is 13.2. The SMILES string of the molecule is Nc1ncnc2c1C(=O)N(c1cnc3c(ccn3-c3ccc(F)cc3)c1)CCO2. The summed E-state index contributed by atoms with van der Waals surface area (Å²) in [4.78, 5) is 27.1. The highest BCUT2D eigenvalue weighted by molar-refractivity contribution is 6.11. The number of hydrogen-bond donors (Lipinski definition) is 1. The summed E-state index contributed by atoms with van der Waals surface area (Å²) in [6, 6.07) is 9.91. The van der Waals surface area contributed by atoms with Crippen molar-refractivity contribution in [1.29, 1.82) is 0 Å². The van der Waals surface area contributed by atoms with Crippen molar-refractivity contribution in [2.75, 3.05) is 23.8 Å². The standard InChI is InChI=1S/C20H15FN6O2/c21-13-1-3-14(4-2-13)26-6-5-12-9-15(10-23-18(12)26)27-7-8-29-19-16(20(27)28)17(22)24-11-25-19/h1-6,9-11H,7-8H2,(H2,22,24,25). The Balaban J connectivity index is 1.55. The summed E-state index contributed by atoms with van der Waals surface area (Å²) in [7, 11) is 0. The lowest BCUT2D eigenvalue weighted by atomic mass is 10.2. The van der Waals surface area contributed by atoms with Crippen LogP contribution in [0.5, 0.6) is 5.88 Å². The average Bonchev–Trinajstić information content (AvgIpc) is 3.06. The topological polar surface area (TPSA) is 99.2 Å². The number of aromatic nitrogens is 4. The lowest BCUT2D eigenvalue weighted by molar-refractivity contribution is 0.0990. The molecule has 9 heteroatoms. The van der Waals surface area contributed by atoms with Crippen LogP contribution in [0.3, 0.4) is 0 Å². The van der Waals surface area contributed by atoms with Gasteiger partial charge in [-0.05, 0) is 36.4 Å². The number of nitrogens with two attached hydrogens (primary N) is 1. The number of nitrogens with zero attached hydrogens (tertiary/aromatic N) is 5. The highest BCUT2D eigenvalue weighted by Crippen LogP contribution is 2.29. The monoisotopic (exact) mass is 390 g/mol. The van der Waals surface area contributed by atoms with Gasteiger partial charge < -0.3 is 19.9 Å². The summed E-state index contributed by atoms with van der Waals surface area (Å²) in [5.74, 6) is -0.384. The Bertz CT molecular complexity index is 1240. The molecule has 5 rings (SSSR count). The van der Waals surface area contributed by atoms with Gasteiger partial charge >= 0.3 is 0 Å². The summed E-state index contributed by atoms with van der Waals surface area (Å²) in [5.41, 5.74) is 8.13. The Morgan fingerprint density at radius 1 is 1.07 bits per heavy atom. The number of pyridine rings is 1. The van der Waals surface area contributed by atoms with Crippen LogP contribution in [0.15, 0.2) is 55.1 Å². The molecule has 0 bridgehead atoms. The molecular weight excluding hydrogens is 375 g/mol. The minimum Gasteiger partial charge on any atom is -0.475 e. The minimum atomic E-state index is -0.338. The molecule has 4 aromatic rings. The van der Waals surface area contributed by atoms with Crippen molar-refractivity contribution in [3.63, 3.8) is 0 Å². The van der Waals surface area contributed by atoms with Crippen molar-refractivity contribution in [2.24, 2.45) is 0 Å². The number of carbonyl (C=O) groups is 1. The van der Waals surface area contributed by atoms with Gasteiger partial charge in [-0.25, -0.2) is 19.3 Å². The summed E-state index contributed by atoms with van der Waals surface area (Å²) in [6.07, 6.45) is 4.73. The highest BCUT2D eigenvalue weighted by atomic mass is 19.1. The van der Waals surface area contributed by atoms with E-state index in [9.17, 15) is 9.18 Å². The molecule has 3 aromatic heterocycles. The normalized spacial score (nSPS) is 13.8. The Labute approximate surface area is 164 Å². The van der Waals surface area contributed by atoms with Crippen molar-refractivity contribution < 1.29 is 13.9 Å². The first kappa shape index (κ1) is 17.1. The number of nitrogen functional groups attached to an aromatic ring is 1. The van der Waals surface area contributed by atoms with Crippen LogP contribution in [0.25, 0.3) is 16.7 Å². The Kier molecular flexibility index (Phi) is 3.87. The molecule has 1 amide bonds. The van der Waals surface area contributed by atoms with Crippen LogP contribution in [0.1, 0.15) is 10.4 Å². The van der Waals surface area contributed by atoms with E-state index in [0.717, 1.165) is 11.1 Å². The fraction of sp³-hybridized carbons (Fsp3) is 0.100. The average molecular weight is 390 g/mol. The van der Waals surface area contributed by atoms with Crippen molar-refractivity contribution in [1.82, 2.24) is 19.5 Å². The second-order valence-corrected chi connectivity index (χ2v) is 6.51. The lowest BCUT2D eigenvalue weighted by Gasteiger charge is -2.20. The number of anilines is 2. The lowest BCUT2D eigenvalue weighted by Crippen LogP contribution is -2.32. The first-order valence-corrected chi connectivity index (χ1v) is 8.90. The molecule has 4 heterocycles. The molecule has 29 heavy (non-hydrogen) atoms. The molecular formula is C20H15FN6O2. The zero-order valence-corrected chi connectivity index (χ0v) is 15.1. The van der Waals surface area contributed by atoms with E-state index in [0.29, 0.717) is 17.9 Å². The highest BCUT2D eigenvalue weighted by Gasteiger charge is 2.29. The van der Waals surface area contributed by atoms with Crippen molar-refractivity contribution in [3.8, 4) is 11.6 Å². The van der Waals surface area contributed by atoms with Gasteiger partial charge in [-0.3, -0.25) is 4.79 Å². The molecule has 0 spiro atoms. The van der Waals surface area contributed by atoms with E-state index < -0.39 is 0 Å². The second-order valence-electron chi connectivity index (χ2n) is 6.51. The third kappa shape index (κ3) is 2.83. The van der Waals surface area contributed by atoms with Crippen molar-refractivity contribution >= 4 is 28.4 Å². The predicted molar refractivity (Wildman–Crippen MR) is 105 cm³/mol. The van der Waals surface area contributed by atoms with Crippen LogP contribution in [0, 0.1) is 5.82 Å². The first-order chi connectivity index (χ1) is 14.1. The largest absolute Gasteiger partial charge is 0.475 e. The zero-order chi connectivity index (χ0) is 20.0. The maximum absolute atomic E-state index is 13.2. The third-order valence-corrected chi connectivity index (χ3v) is 4.78. The molecule has 0 saturated heterocycles. The van der Waals surface area contributed by atoms with E-state index in [1.165, 1.54) is 18.5 Å². The van der Waals surface area contributed by atoms with Crippen LogP contribution < -0.4 is 15.4 Å². The number of fused-ring (bicyclic) bond motifs is 2. The summed E-state index contributed by atoms with van der Waals surface area (Å²) >= 11 is 0. The van der Waals surface area contributed by atoms with Crippen LogP contribution in [0.4, 0.5) is 15.9 Å². The molecule has 0 fully saturated rings. The number of amides is 1. The van der Waals surface area contributed by atoms with Gasteiger partial charge in [0, 0.05) is 17.3 Å². The number of ether oxygens (including phenoxy) is 1. The quantitative estimate of drug-likeness (QED) is 0.565. The Morgan fingerprint density at radius 3 is 2.72 bits per heavy atom. The van der Waals surface area contributed by atoms with Crippen LogP contribution in [-0.4, -0.2) is 38.6 Å². The summed E-state index contributed by atoms with van der Waals surface area (Å²) in [6.45, 7) is 0.588. The zero-order valence-electron chi connectivity index (χ0n) is 15.1. The van der Waals surface area contributed by atoms with E-state index in [4.69, 9.17) is 10.5 Å². The molecule has 1 aromatic carbocycles.